The van der Waals surface area contributed by atoms with Crippen LogP contribution in [0.1, 0.15) is 44.9 Å². The highest BCUT2D eigenvalue weighted by molar-refractivity contribution is 5.46. The number of amides is 1. The molecule has 3 nitrogen and oxygen atoms in total. The van der Waals surface area contributed by atoms with E-state index < -0.39 is 0 Å². The number of hydrogen-bond donors (Lipinski definition) is 2. The number of carbonyl (C=O) groups excluding carboxylic acids is 1. The van der Waals surface area contributed by atoms with E-state index in [1.807, 2.05) is 0 Å². The molecule has 14 heavy (non-hydrogen) atoms. The lowest BCUT2D eigenvalue weighted by Gasteiger charge is -2.23. The Morgan fingerprint density at radius 3 is 2.93 bits per heavy atom. The van der Waals surface area contributed by atoms with Crippen molar-refractivity contribution in [3.63, 3.8) is 0 Å². The van der Waals surface area contributed by atoms with Gasteiger partial charge in [0.15, 0.2) is 0 Å². The molecule has 0 aromatic heterocycles. The highest BCUT2D eigenvalue weighted by Crippen LogP contribution is 2.13. The van der Waals surface area contributed by atoms with E-state index in [0.29, 0.717) is 0 Å². The van der Waals surface area contributed by atoms with Crippen molar-refractivity contribution in [3.05, 3.63) is 0 Å². The molecule has 1 fully saturated rings. The summed E-state index contributed by atoms with van der Waals surface area (Å²) in [5.74, 6) is 0. The largest absolute Gasteiger partial charge is 0.348 e. The molecule has 0 spiro atoms. The van der Waals surface area contributed by atoms with Crippen molar-refractivity contribution in [1.29, 1.82) is 0 Å². The van der Waals surface area contributed by atoms with E-state index in [9.17, 15) is 4.79 Å². The molecule has 1 heterocycles. The van der Waals surface area contributed by atoms with Gasteiger partial charge in [-0.05, 0) is 32.2 Å². The van der Waals surface area contributed by atoms with Crippen LogP contribution < -0.4 is 10.6 Å². The van der Waals surface area contributed by atoms with Crippen LogP contribution in [0.5, 0.6) is 0 Å². The van der Waals surface area contributed by atoms with Crippen LogP contribution in [-0.4, -0.2) is 25.5 Å². The molecular weight excluding hydrogens is 176 g/mol. The Bertz CT molecular complexity index is 144. The van der Waals surface area contributed by atoms with E-state index in [1.54, 1.807) is 6.41 Å². The fourth-order valence-corrected chi connectivity index (χ4v) is 2.00. The molecule has 3 heteroatoms. The second-order valence-corrected chi connectivity index (χ2v) is 4.03. The average Bonchev–Trinajstić information content (AvgIpc) is 2.25. The maximum atomic E-state index is 9.84. The van der Waals surface area contributed by atoms with Crippen LogP contribution in [0.15, 0.2) is 0 Å². The van der Waals surface area contributed by atoms with Gasteiger partial charge in [-0.3, -0.25) is 4.79 Å². The molecule has 1 atom stereocenters. The number of hydrogen-bond acceptors (Lipinski definition) is 2. The molecule has 1 rings (SSSR count). The van der Waals surface area contributed by atoms with Crippen LogP contribution in [0, 0.1) is 0 Å². The summed E-state index contributed by atoms with van der Waals surface area (Å²) in [6, 6.07) is 0.759. The van der Waals surface area contributed by atoms with Crippen LogP contribution >= 0.6 is 0 Å². The Balaban J connectivity index is 1.85. The third kappa shape index (κ3) is 5.22. The molecule has 1 saturated heterocycles. The van der Waals surface area contributed by atoms with Crippen molar-refractivity contribution in [2.75, 3.05) is 13.1 Å². The van der Waals surface area contributed by atoms with Gasteiger partial charge in [-0.15, -0.1) is 0 Å². The molecule has 0 bridgehead atoms. The summed E-state index contributed by atoms with van der Waals surface area (Å²) in [5, 5.41) is 6.11. The highest BCUT2D eigenvalue weighted by Gasteiger charge is 2.10. The first kappa shape index (κ1) is 11.5. The maximum Gasteiger partial charge on any atom is 0.309 e. The second-order valence-electron chi connectivity index (χ2n) is 4.03. The van der Waals surface area contributed by atoms with E-state index in [4.69, 9.17) is 0 Å². The van der Waals surface area contributed by atoms with Gasteiger partial charge in [0.25, 0.3) is 0 Å². The van der Waals surface area contributed by atoms with Crippen LogP contribution in [0.4, 0.5) is 0 Å². The van der Waals surface area contributed by atoms with Gasteiger partial charge < -0.3 is 10.6 Å². The molecule has 1 aliphatic heterocycles. The second kappa shape index (κ2) is 7.80. The maximum absolute atomic E-state index is 9.84. The summed E-state index contributed by atoms with van der Waals surface area (Å²) in [4.78, 5) is 9.84. The van der Waals surface area contributed by atoms with Gasteiger partial charge in [0.1, 0.15) is 0 Å². The minimum Gasteiger partial charge on any atom is -0.348 e. The number of piperidine rings is 1. The monoisotopic (exact) mass is 197 g/mol. The van der Waals surface area contributed by atoms with Crippen molar-refractivity contribution >= 4 is 6.41 Å². The lowest BCUT2D eigenvalue weighted by Crippen LogP contribution is -2.33. The SMILES string of the molecule is O=[C]NCCCCCC1CCCCN1. The van der Waals surface area contributed by atoms with Gasteiger partial charge in [0.05, 0.1) is 0 Å². The Hall–Kier alpha value is -0.570. The van der Waals surface area contributed by atoms with E-state index >= 15 is 0 Å². The predicted octanol–water partition coefficient (Wildman–Crippen LogP) is 1.35. The van der Waals surface area contributed by atoms with Crippen LogP contribution in [0.25, 0.3) is 0 Å². The number of nitrogens with one attached hydrogen (secondary N) is 2. The summed E-state index contributed by atoms with van der Waals surface area (Å²) in [6.45, 7) is 1.98. The average molecular weight is 197 g/mol. The van der Waals surface area contributed by atoms with Crippen molar-refractivity contribution in [1.82, 2.24) is 10.6 Å². The highest BCUT2D eigenvalue weighted by atomic mass is 16.1. The van der Waals surface area contributed by atoms with Gasteiger partial charge in [-0.1, -0.05) is 19.3 Å². The Morgan fingerprint density at radius 1 is 1.29 bits per heavy atom. The molecule has 1 aliphatic rings. The molecule has 0 aromatic rings. The first-order valence-electron chi connectivity index (χ1n) is 5.77. The fraction of sp³-hybridized carbons (Fsp3) is 0.909. The standard InChI is InChI=1S/C11H21N2O/c14-10-12-8-4-1-2-6-11-7-3-5-9-13-11/h11,13H,1-9H2,(H,12,14). The van der Waals surface area contributed by atoms with E-state index in [1.165, 1.54) is 45.1 Å². The summed E-state index contributed by atoms with van der Waals surface area (Å²) in [7, 11) is 0. The third-order valence-electron chi connectivity index (χ3n) is 2.84. The molecule has 0 aromatic carbocycles. The van der Waals surface area contributed by atoms with Gasteiger partial charge in [-0.25, -0.2) is 0 Å². The predicted molar refractivity (Wildman–Crippen MR) is 57.8 cm³/mol. The van der Waals surface area contributed by atoms with E-state index in [-0.39, 0.29) is 0 Å². The molecule has 1 amide bonds. The fourth-order valence-electron chi connectivity index (χ4n) is 2.00. The zero-order valence-corrected chi connectivity index (χ0v) is 8.85. The number of unbranched alkanes of at least 4 members (excludes halogenated alkanes) is 2. The number of rotatable bonds is 7. The molecular formula is C11H21N2O. The summed E-state index contributed by atoms with van der Waals surface area (Å²) in [6.07, 6.45) is 10.6. The summed E-state index contributed by atoms with van der Waals surface area (Å²) < 4.78 is 0. The van der Waals surface area contributed by atoms with Crippen LogP contribution in [0.2, 0.25) is 0 Å². The lowest BCUT2D eigenvalue weighted by molar-refractivity contribution is 0.371. The molecule has 81 valence electrons. The quantitative estimate of drug-likeness (QED) is 0.478. The molecule has 2 N–H and O–H groups in total. The Labute approximate surface area is 86.6 Å². The summed E-state index contributed by atoms with van der Waals surface area (Å²) in [5.41, 5.74) is 0. The lowest BCUT2D eigenvalue weighted by atomic mass is 9.99. The first-order valence-corrected chi connectivity index (χ1v) is 5.77. The van der Waals surface area contributed by atoms with Gasteiger partial charge in [0.2, 0.25) is 0 Å². The van der Waals surface area contributed by atoms with Gasteiger partial charge in [0, 0.05) is 12.6 Å². The third-order valence-corrected chi connectivity index (χ3v) is 2.84. The topological polar surface area (TPSA) is 41.1 Å². The molecule has 1 radical (unpaired) electrons. The Kier molecular flexibility index (Phi) is 6.41. The normalized spacial score (nSPS) is 21.9. The van der Waals surface area contributed by atoms with Gasteiger partial charge >= 0.3 is 6.41 Å². The minimum absolute atomic E-state index is 0.759. The van der Waals surface area contributed by atoms with E-state index in [2.05, 4.69) is 10.6 Å². The Morgan fingerprint density at radius 2 is 2.21 bits per heavy atom. The van der Waals surface area contributed by atoms with Crippen molar-refractivity contribution in [2.24, 2.45) is 0 Å². The zero-order valence-electron chi connectivity index (χ0n) is 8.85. The van der Waals surface area contributed by atoms with Crippen molar-refractivity contribution in [2.45, 2.75) is 51.0 Å². The summed E-state index contributed by atoms with van der Waals surface area (Å²) >= 11 is 0. The van der Waals surface area contributed by atoms with Gasteiger partial charge in [-0.2, -0.15) is 0 Å². The van der Waals surface area contributed by atoms with E-state index in [0.717, 1.165) is 19.0 Å². The van der Waals surface area contributed by atoms with Crippen molar-refractivity contribution < 1.29 is 4.79 Å². The first-order chi connectivity index (χ1) is 6.93. The molecule has 0 saturated carbocycles. The van der Waals surface area contributed by atoms with Crippen molar-refractivity contribution in [3.8, 4) is 0 Å². The van der Waals surface area contributed by atoms with Crippen LogP contribution in [0.3, 0.4) is 0 Å². The minimum atomic E-state index is 0.759. The smallest absolute Gasteiger partial charge is 0.309 e. The molecule has 0 aliphatic carbocycles. The van der Waals surface area contributed by atoms with Crippen LogP contribution in [-0.2, 0) is 4.79 Å². The molecule has 1 unspecified atom stereocenters. The zero-order chi connectivity index (χ0) is 10.1.